The largest absolute Gasteiger partial charge is 0.442 e. The molecule has 1 saturated heterocycles. The molecule has 0 spiro atoms. The number of hydrogen-bond acceptors (Lipinski definition) is 8. The van der Waals surface area contributed by atoms with Gasteiger partial charge in [-0.3, -0.25) is 10.1 Å². The molecule has 186 valence electrons. The molecule has 2 unspecified atom stereocenters. The molecule has 2 aliphatic rings. The van der Waals surface area contributed by atoms with Crippen molar-refractivity contribution in [3.8, 4) is 17.3 Å². The maximum absolute atomic E-state index is 13.0. The molecule has 10 heteroatoms. The minimum absolute atomic E-state index is 0.0635. The van der Waals surface area contributed by atoms with E-state index in [4.69, 9.17) is 9.47 Å². The summed E-state index contributed by atoms with van der Waals surface area (Å²) in [5.74, 6) is 0.712. The van der Waals surface area contributed by atoms with Crippen molar-refractivity contribution in [3.05, 3.63) is 55.0 Å². The number of rotatable bonds is 8. The molecule has 1 aromatic carbocycles. The zero-order valence-corrected chi connectivity index (χ0v) is 20.0. The van der Waals surface area contributed by atoms with E-state index >= 15 is 0 Å². The van der Waals surface area contributed by atoms with Crippen LogP contribution in [-0.4, -0.2) is 45.2 Å². The number of benzene rings is 1. The predicted octanol–water partition coefficient (Wildman–Crippen LogP) is 4.74. The average Bonchev–Trinajstić information content (AvgIpc) is 3.70. The molecule has 0 bridgehead atoms. The smallest absolute Gasteiger partial charge is 0.433 e. The van der Waals surface area contributed by atoms with Gasteiger partial charge in [0.1, 0.15) is 6.10 Å². The third kappa shape index (κ3) is 5.47. The van der Waals surface area contributed by atoms with Gasteiger partial charge in [-0.25, -0.2) is 14.8 Å². The van der Waals surface area contributed by atoms with Gasteiger partial charge in [-0.1, -0.05) is 31.0 Å². The van der Waals surface area contributed by atoms with Crippen LogP contribution in [0.4, 0.5) is 16.4 Å². The Kier molecular flexibility index (Phi) is 7.38. The normalized spacial score (nSPS) is 18.5. The van der Waals surface area contributed by atoms with Gasteiger partial charge in [0, 0.05) is 24.4 Å². The van der Waals surface area contributed by atoms with E-state index in [9.17, 15) is 10.1 Å². The quantitative estimate of drug-likeness (QED) is 0.453. The summed E-state index contributed by atoms with van der Waals surface area (Å²) in [7, 11) is 0. The van der Waals surface area contributed by atoms with Gasteiger partial charge in [-0.2, -0.15) is 15.4 Å². The maximum atomic E-state index is 13.0. The van der Waals surface area contributed by atoms with E-state index < -0.39 is 6.09 Å². The summed E-state index contributed by atoms with van der Waals surface area (Å²) in [5.41, 5.74) is 5.07. The number of nitriles is 1. The van der Waals surface area contributed by atoms with E-state index in [1.807, 2.05) is 29.1 Å². The van der Waals surface area contributed by atoms with Gasteiger partial charge < -0.3 is 9.47 Å². The Labute approximate surface area is 209 Å². The number of amides is 1. The molecule has 10 nitrogen and oxygen atoms in total. The van der Waals surface area contributed by atoms with Crippen LogP contribution in [0.15, 0.2) is 55.0 Å². The van der Waals surface area contributed by atoms with Crippen LogP contribution in [-0.2, 0) is 9.47 Å². The lowest BCUT2D eigenvalue weighted by atomic mass is 9.96. The monoisotopic (exact) mass is 487 g/mol. The number of para-hydroxylation sites is 1. The molecule has 1 amide bonds. The minimum atomic E-state index is -0.561. The molecule has 1 aliphatic heterocycles. The Hall–Kier alpha value is -3.97. The highest BCUT2D eigenvalue weighted by molar-refractivity contribution is 5.89. The van der Waals surface area contributed by atoms with E-state index in [-0.39, 0.29) is 18.1 Å². The van der Waals surface area contributed by atoms with Crippen molar-refractivity contribution in [1.29, 1.82) is 5.26 Å². The molecule has 0 radical (unpaired) electrons. The Morgan fingerprint density at radius 3 is 2.83 bits per heavy atom. The fraction of sp³-hybridized carbons (Fsp3) is 0.423. The second-order valence-electron chi connectivity index (χ2n) is 9.10. The van der Waals surface area contributed by atoms with Gasteiger partial charge in [0.2, 0.25) is 5.95 Å². The second kappa shape index (κ2) is 11.2. The first-order valence-electron chi connectivity index (χ1n) is 12.4. The highest BCUT2D eigenvalue weighted by atomic mass is 16.6. The summed E-state index contributed by atoms with van der Waals surface area (Å²) in [6, 6.07) is 13.3. The molecule has 3 aromatic rings. The summed E-state index contributed by atoms with van der Waals surface area (Å²) in [6.07, 6.45) is 10.2. The van der Waals surface area contributed by atoms with E-state index in [1.165, 1.54) is 17.9 Å². The Bertz CT molecular complexity index is 1200. The number of nitrogens with one attached hydrogen (secondary N) is 1. The van der Waals surface area contributed by atoms with Crippen molar-refractivity contribution < 1.29 is 14.3 Å². The van der Waals surface area contributed by atoms with Crippen molar-refractivity contribution in [2.45, 2.75) is 50.7 Å². The van der Waals surface area contributed by atoms with Crippen molar-refractivity contribution in [2.24, 2.45) is 5.92 Å². The number of carbonyl (C=O) groups is 1. The van der Waals surface area contributed by atoms with Gasteiger partial charge in [0.05, 0.1) is 49.3 Å². The highest BCUT2D eigenvalue weighted by Gasteiger charge is 2.28. The van der Waals surface area contributed by atoms with E-state index in [0.717, 1.165) is 18.4 Å². The molecule has 2 fully saturated rings. The average molecular weight is 488 g/mol. The minimum Gasteiger partial charge on any atom is -0.442 e. The number of carbonyl (C=O) groups excluding carboxylic acids is 1. The maximum Gasteiger partial charge on any atom is 0.433 e. The van der Waals surface area contributed by atoms with Crippen molar-refractivity contribution in [1.82, 2.24) is 19.7 Å². The number of ether oxygens (including phenoxy) is 2. The standard InChI is InChI=1S/C26H29N7O3/c27-13-10-24(19-6-4-5-7-19)32-17-20(16-29-32)23-11-14-28-25(30-23)31-33(21-8-2-1-3-9-21)26(34)36-22-12-15-35-18-22/h1-3,8-9,11,14,16-17,19,22,24H,4-7,10,12,15,18H2,(H,28,30,31). The van der Waals surface area contributed by atoms with Crippen LogP contribution in [0.2, 0.25) is 0 Å². The molecular formula is C26H29N7O3. The third-order valence-corrected chi connectivity index (χ3v) is 6.70. The number of hydrazine groups is 1. The lowest BCUT2D eigenvalue weighted by Crippen LogP contribution is -2.39. The zero-order chi connectivity index (χ0) is 24.7. The summed E-state index contributed by atoms with van der Waals surface area (Å²) < 4.78 is 12.9. The molecule has 3 heterocycles. The highest BCUT2D eigenvalue weighted by Crippen LogP contribution is 2.36. The molecule has 1 saturated carbocycles. The van der Waals surface area contributed by atoms with E-state index in [0.29, 0.717) is 43.4 Å². The Morgan fingerprint density at radius 1 is 1.25 bits per heavy atom. The molecule has 1 aliphatic carbocycles. The molecule has 1 N–H and O–H groups in total. The number of hydrogen-bond donors (Lipinski definition) is 1. The van der Waals surface area contributed by atoms with E-state index in [1.54, 1.807) is 30.6 Å². The van der Waals surface area contributed by atoms with Crippen LogP contribution >= 0.6 is 0 Å². The molecule has 2 aromatic heterocycles. The van der Waals surface area contributed by atoms with Gasteiger partial charge in [0.15, 0.2) is 0 Å². The van der Waals surface area contributed by atoms with Crippen LogP contribution < -0.4 is 10.4 Å². The lowest BCUT2D eigenvalue weighted by Gasteiger charge is -2.24. The van der Waals surface area contributed by atoms with Crippen molar-refractivity contribution in [2.75, 3.05) is 23.6 Å². The Morgan fingerprint density at radius 2 is 2.08 bits per heavy atom. The molecule has 36 heavy (non-hydrogen) atoms. The summed E-state index contributed by atoms with van der Waals surface area (Å²) in [6.45, 7) is 0.962. The molecule has 2 atom stereocenters. The predicted molar refractivity (Wildman–Crippen MR) is 133 cm³/mol. The van der Waals surface area contributed by atoms with Crippen LogP contribution in [0.3, 0.4) is 0 Å². The number of nitrogens with zero attached hydrogens (tertiary/aromatic N) is 6. The van der Waals surface area contributed by atoms with Crippen LogP contribution in [0.5, 0.6) is 0 Å². The zero-order valence-electron chi connectivity index (χ0n) is 20.0. The first-order valence-corrected chi connectivity index (χ1v) is 12.4. The van der Waals surface area contributed by atoms with E-state index in [2.05, 4.69) is 26.6 Å². The van der Waals surface area contributed by atoms with Crippen LogP contribution in [0.25, 0.3) is 11.3 Å². The topological polar surface area (TPSA) is 118 Å². The number of aromatic nitrogens is 4. The van der Waals surface area contributed by atoms with Crippen molar-refractivity contribution in [3.63, 3.8) is 0 Å². The molecule has 5 rings (SSSR count). The van der Waals surface area contributed by atoms with Crippen LogP contribution in [0, 0.1) is 17.2 Å². The first-order chi connectivity index (χ1) is 17.7. The summed E-state index contributed by atoms with van der Waals surface area (Å²) in [5, 5.41) is 15.2. The number of anilines is 2. The fourth-order valence-electron chi connectivity index (χ4n) is 4.83. The van der Waals surface area contributed by atoms with Gasteiger partial charge in [-0.05, 0) is 37.0 Å². The van der Waals surface area contributed by atoms with Crippen LogP contribution in [0.1, 0.15) is 44.6 Å². The van der Waals surface area contributed by atoms with Gasteiger partial charge in [0.25, 0.3) is 0 Å². The lowest BCUT2D eigenvalue weighted by molar-refractivity contribution is 0.0889. The fourth-order valence-corrected chi connectivity index (χ4v) is 4.83. The SMILES string of the molecule is N#CCC(C1CCCC1)n1cc(-c2ccnc(NN(C(=O)OC3CCOC3)c3ccccc3)n2)cn1. The Balaban J connectivity index is 1.36. The van der Waals surface area contributed by atoms with Crippen molar-refractivity contribution >= 4 is 17.7 Å². The summed E-state index contributed by atoms with van der Waals surface area (Å²) >= 11 is 0. The van der Waals surface area contributed by atoms with Gasteiger partial charge in [-0.15, -0.1) is 0 Å². The third-order valence-electron chi connectivity index (χ3n) is 6.70. The second-order valence-corrected chi connectivity index (χ2v) is 9.10. The van der Waals surface area contributed by atoms with Gasteiger partial charge >= 0.3 is 6.09 Å². The first kappa shape index (κ1) is 23.8. The summed E-state index contributed by atoms with van der Waals surface area (Å²) in [4.78, 5) is 22.0. The molecular weight excluding hydrogens is 458 g/mol.